The number of carbonyl (C=O) groups is 1. The van der Waals surface area contributed by atoms with Crippen LogP contribution in [0.4, 0.5) is 18.9 Å². The van der Waals surface area contributed by atoms with Gasteiger partial charge in [-0.1, -0.05) is 11.6 Å². The summed E-state index contributed by atoms with van der Waals surface area (Å²) in [5.74, 6) is -0.477. The Morgan fingerprint density at radius 2 is 1.76 bits per heavy atom. The predicted octanol–water partition coefficient (Wildman–Crippen LogP) is 4.06. The molecule has 2 rings (SSSR count). The van der Waals surface area contributed by atoms with Gasteiger partial charge in [0, 0.05) is 11.7 Å². The largest absolute Gasteiger partial charge is 0.484 e. The van der Waals surface area contributed by atoms with Crippen LogP contribution in [-0.2, 0) is 21.0 Å². The van der Waals surface area contributed by atoms with Crippen LogP contribution < -0.4 is 14.8 Å². The zero-order chi connectivity index (χ0) is 21.8. The summed E-state index contributed by atoms with van der Waals surface area (Å²) >= 11 is 5.53. The fourth-order valence-corrected chi connectivity index (χ4v) is 3.74. The number of hydrogen-bond donors (Lipinski definition) is 2. The van der Waals surface area contributed by atoms with E-state index in [0.717, 1.165) is 12.1 Å². The van der Waals surface area contributed by atoms with E-state index in [1.54, 1.807) is 13.8 Å². The standard InChI is InChI=1S/C18H18ClF3N2O4S/c1-11(2)24-29(26,27)14-6-4-13(5-7-14)28-10-17(25)23-12-3-8-16(19)15(9-12)18(20,21)22/h3-9,11,24H,10H2,1-2H3,(H,23,25). The normalized spacial score (nSPS) is 12.1. The van der Waals surface area contributed by atoms with Gasteiger partial charge < -0.3 is 10.1 Å². The Kier molecular flexibility index (Phi) is 7.15. The highest BCUT2D eigenvalue weighted by atomic mass is 35.5. The van der Waals surface area contributed by atoms with Crippen LogP contribution in [0.3, 0.4) is 0 Å². The highest BCUT2D eigenvalue weighted by Crippen LogP contribution is 2.36. The lowest BCUT2D eigenvalue weighted by Gasteiger charge is -2.12. The minimum Gasteiger partial charge on any atom is -0.484 e. The SMILES string of the molecule is CC(C)NS(=O)(=O)c1ccc(OCC(=O)Nc2ccc(Cl)c(C(F)(F)F)c2)cc1. The molecule has 0 unspecified atom stereocenters. The number of ether oxygens (including phenoxy) is 1. The second-order valence-corrected chi connectivity index (χ2v) is 8.40. The molecular weight excluding hydrogens is 433 g/mol. The second-order valence-electron chi connectivity index (χ2n) is 6.28. The number of carbonyl (C=O) groups excluding carboxylic acids is 1. The number of alkyl halides is 3. The number of sulfonamides is 1. The van der Waals surface area contributed by atoms with Crippen molar-refractivity contribution in [3.05, 3.63) is 53.1 Å². The third-order valence-corrected chi connectivity index (χ3v) is 5.45. The van der Waals surface area contributed by atoms with Crippen molar-refractivity contribution in [3.8, 4) is 5.75 Å². The summed E-state index contributed by atoms with van der Waals surface area (Å²) in [6.07, 6.45) is -4.65. The van der Waals surface area contributed by atoms with Crippen molar-refractivity contribution in [1.29, 1.82) is 0 Å². The molecule has 0 aliphatic heterocycles. The number of rotatable bonds is 7. The average molecular weight is 451 g/mol. The number of halogens is 4. The van der Waals surface area contributed by atoms with E-state index in [9.17, 15) is 26.4 Å². The minimum absolute atomic E-state index is 0.0313. The number of anilines is 1. The molecule has 29 heavy (non-hydrogen) atoms. The molecule has 0 spiro atoms. The molecular formula is C18H18ClF3N2O4S. The maximum Gasteiger partial charge on any atom is 0.417 e. The highest BCUT2D eigenvalue weighted by molar-refractivity contribution is 7.89. The van der Waals surface area contributed by atoms with Crippen molar-refractivity contribution < 1.29 is 31.1 Å². The molecule has 2 aromatic rings. The first kappa shape index (κ1) is 23.0. The summed E-state index contributed by atoms with van der Waals surface area (Å²) in [5.41, 5.74) is -1.15. The molecule has 0 saturated carbocycles. The molecule has 0 saturated heterocycles. The van der Waals surface area contributed by atoms with Crippen LogP contribution >= 0.6 is 11.6 Å². The van der Waals surface area contributed by atoms with Gasteiger partial charge in [-0.15, -0.1) is 0 Å². The van der Waals surface area contributed by atoms with Crippen LogP contribution in [0.25, 0.3) is 0 Å². The fraction of sp³-hybridized carbons (Fsp3) is 0.278. The van der Waals surface area contributed by atoms with Gasteiger partial charge in [0.15, 0.2) is 6.61 Å². The Labute approximate surface area is 171 Å². The van der Waals surface area contributed by atoms with Crippen LogP contribution in [-0.4, -0.2) is 27.0 Å². The Hall–Kier alpha value is -2.30. The van der Waals surface area contributed by atoms with Crippen molar-refractivity contribution in [3.63, 3.8) is 0 Å². The molecule has 158 valence electrons. The lowest BCUT2D eigenvalue weighted by Crippen LogP contribution is -2.30. The van der Waals surface area contributed by atoms with E-state index >= 15 is 0 Å². The van der Waals surface area contributed by atoms with Gasteiger partial charge in [-0.2, -0.15) is 13.2 Å². The topological polar surface area (TPSA) is 84.5 Å². The van der Waals surface area contributed by atoms with Gasteiger partial charge in [-0.25, -0.2) is 13.1 Å². The van der Waals surface area contributed by atoms with Gasteiger partial charge in [0.1, 0.15) is 5.75 Å². The number of benzene rings is 2. The first-order valence-electron chi connectivity index (χ1n) is 8.30. The fourth-order valence-electron chi connectivity index (χ4n) is 2.26. The average Bonchev–Trinajstić information content (AvgIpc) is 2.60. The van der Waals surface area contributed by atoms with E-state index in [-0.39, 0.29) is 22.4 Å². The van der Waals surface area contributed by atoms with Crippen LogP contribution in [0.1, 0.15) is 19.4 Å². The highest BCUT2D eigenvalue weighted by Gasteiger charge is 2.33. The molecule has 11 heteroatoms. The first-order chi connectivity index (χ1) is 13.4. The van der Waals surface area contributed by atoms with E-state index in [1.165, 1.54) is 30.3 Å². The van der Waals surface area contributed by atoms with Gasteiger partial charge in [0.2, 0.25) is 10.0 Å². The number of amides is 1. The molecule has 0 radical (unpaired) electrons. The summed E-state index contributed by atoms with van der Waals surface area (Å²) in [7, 11) is -3.66. The van der Waals surface area contributed by atoms with E-state index in [4.69, 9.17) is 16.3 Å². The summed E-state index contributed by atoms with van der Waals surface area (Å²) in [4.78, 5) is 12.0. The second kappa shape index (κ2) is 9.02. The molecule has 0 fully saturated rings. The summed E-state index contributed by atoms with van der Waals surface area (Å²) in [6, 6.07) is 8.08. The Bertz CT molecular complexity index is 978. The third-order valence-electron chi connectivity index (χ3n) is 3.45. The number of nitrogens with one attached hydrogen (secondary N) is 2. The predicted molar refractivity (Wildman–Crippen MR) is 102 cm³/mol. The van der Waals surface area contributed by atoms with E-state index in [2.05, 4.69) is 10.0 Å². The van der Waals surface area contributed by atoms with E-state index in [0.29, 0.717) is 0 Å². The number of hydrogen-bond acceptors (Lipinski definition) is 4. The minimum atomic E-state index is -4.65. The van der Waals surface area contributed by atoms with Crippen molar-refractivity contribution >= 4 is 33.2 Å². The van der Waals surface area contributed by atoms with Crippen LogP contribution in [0.15, 0.2) is 47.4 Å². The molecule has 0 aliphatic rings. The lowest BCUT2D eigenvalue weighted by atomic mass is 10.2. The Morgan fingerprint density at radius 1 is 1.14 bits per heavy atom. The summed E-state index contributed by atoms with van der Waals surface area (Å²) < 4.78 is 70.3. The van der Waals surface area contributed by atoms with E-state index < -0.39 is 39.3 Å². The molecule has 0 aromatic heterocycles. The maximum absolute atomic E-state index is 12.9. The summed E-state index contributed by atoms with van der Waals surface area (Å²) in [6.45, 7) is 2.89. The quantitative estimate of drug-likeness (QED) is 0.666. The van der Waals surface area contributed by atoms with Crippen molar-refractivity contribution in [1.82, 2.24) is 4.72 Å². The molecule has 0 aliphatic carbocycles. The van der Waals surface area contributed by atoms with E-state index in [1.807, 2.05) is 0 Å². The monoisotopic (exact) mass is 450 g/mol. The molecule has 0 heterocycles. The smallest absolute Gasteiger partial charge is 0.417 e. The van der Waals surface area contributed by atoms with Gasteiger partial charge >= 0.3 is 6.18 Å². The lowest BCUT2D eigenvalue weighted by molar-refractivity contribution is -0.137. The van der Waals surface area contributed by atoms with Crippen LogP contribution in [0.5, 0.6) is 5.75 Å². The Balaban J connectivity index is 1.98. The van der Waals surface area contributed by atoms with Gasteiger partial charge in [-0.3, -0.25) is 4.79 Å². The Morgan fingerprint density at radius 3 is 2.31 bits per heavy atom. The zero-order valence-corrected chi connectivity index (χ0v) is 17.0. The molecule has 0 bridgehead atoms. The molecule has 1 amide bonds. The summed E-state index contributed by atoms with van der Waals surface area (Å²) in [5, 5.41) is 1.80. The first-order valence-corrected chi connectivity index (χ1v) is 10.2. The van der Waals surface area contributed by atoms with Crippen LogP contribution in [0.2, 0.25) is 5.02 Å². The van der Waals surface area contributed by atoms with Gasteiger partial charge in [0.05, 0.1) is 15.5 Å². The zero-order valence-electron chi connectivity index (χ0n) is 15.4. The molecule has 2 N–H and O–H groups in total. The maximum atomic E-state index is 12.9. The molecule has 6 nitrogen and oxygen atoms in total. The van der Waals surface area contributed by atoms with Crippen LogP contribution in [0, 0.1) is 0 Å². The molecule has 2 aromatic carbocycles. The van der Waals surface area contributed by atoms with Crippen molar-refractivity contribution in [2.45, 2.75) is 31.0 Å². The van der Waals surface area contributed by atoms with Gasteiger partial charge in [-0.05, 0) is 56.3 Å². The van der Waals surface area contributed by atoms with Crippen molar-refractivity contribution in [2.75, 3.05) is 11.9 Å². The molecule has 0 atom stereocenters. The third kappa shape index (κ3) is 6.62. The van der Waals surface area contributed by atoms with Gasteiger partial charge in [0.25, 0.3) is 5.91 Å². The van der Waals surface area contributed by atoms with Crippen molar-refractivity contribution in [2.24, 2.45) is 0 Å².